The fourth-order valence-electron chi connectivity index (χ4n) is 2.63. The molecule has 0 spiro atoms. The quantitative estimate of drug-likeness (QED) is 0.441. The predicted octanol–water partition coefficient (Wildman–Crippen LogP) is 1.09. The van der Waals surface area contributed by atoms with Gasteiger partial charge in [0.05, 0.1) is 0 Å². The normalized spacial score (nSPS) is 19.6. The summed E-state index contributed by atoms with van der Waals surface area (Å²) in [5, 5.41) is 11.6. The molecule has 0 saturated heterocycles. The van der Waals surface area contributed by atoms with Crippen molar-refractivity contribution in [2.75, 3.05) is 13.7 Å². The molecule has 2 rings (SSSR count). The SMILES string of the molecule is COCC#Cc1ccc(C(=O)N[C@H]2CC[C@H](C(=O)NO)C2)cc1. The summed E-state index contributed by atoms with van der Waals surface area (Å²) < 4.78 is 4.85. The van der Waals surface area contributed by atoms with E-state index in [2.05, 4.69) is 17.2 Å². The molecule has 0 unspecified atom stereocenters. The zero-order chi connectivity index (χ0) is 16.7. The number of hydrogen-bond acceptors (Lipinski definition) is 4. The van der Waals surface area contributed by atoms with Crippen LogP contribution in [0.1, 0.15) is 35.2 Å². The minimum absolute atomic E-state index is 0.0500. The van der Waals surface area contributed by atoms with Gasteiger partial charge in [-0.05, 0) is 43.5 Å². The molecular weight excluding hydrogens is 296 g/mol. The molecular formula is C17H20N2O4. The molecule has 0 bridgehead atoms. The number of rotatable bonds is 4. The molecule has 0 aromatic heterocycles. The molecule has 0 aliphatic heterocycles. The van der Waals surface area contributed by atoms with Crippen molar-refractivity contribution in [1.29, 1.82) is 0 Å². The highest BCUT2D eigenvalue weighted by atomic mass is 16.5. The monoisotopic (exact) mass is 316 g/mol. The van der Waals surface area contributed by atoms with E-state index < -0.39 is 0 Å². The van der Waals surface area contributed by atoms with Gasteiger partial charge in [-0.3, -0.25) is 14.8 Å². The Bertz CT molecular complexity index is 616. The Morgan fingerprint density at radius 2 is 2.04 bits per heavy atom. The van der Waals surface area contributed by atoms with Crippen LogP contribution >= 0.6 is 0 Å². The third kappa shape index (κ3) is 4.81. The van der Waals surface area contributed by atoms with Crippen LogP contribution in [-0.4, -0.2) is 36.8 Å². The fourth-order valence-corrected chi connectivity index (χ4v) is 2.63. The van der Waals surface area contributed by atoms with Gasteiger partial charge in [-0.1, -0.05) is 11.8 Å². The summed E-state index contributed by atoms with van der Waals surface area (Å²) >= 11 is 0. The Morgan fingerprint density at radius 3 is 2.70 bits per heavy atom. The molecule has 122 valence electrons. The Labute approximate surface area is 135 Å². The zero-order valence-electron chi connectivity index (χ0n) is 13.0. The van der Waals surface area contributed by atoms with Crippen molar-refractivity contribution >= 4 is 11.8 Å². The molecule has 2 amide bonds. The Kier molecular flexibility index (Phi) is 6.15. The Hall–Kier alpha value is -2.36. The third-order valence-corrected chi connectivity index (χ3v) is 3.85. The lowest BCUT2D eigenvalue weighted by Crippen LogP contribution is -2.34. The van der Waals surface area contributed by atoms with E-state index in [-0.39, 0.29) is 23.8 Å². The minimum Gasteiger partial charge on any atom is -0.372 e. The molecule has 0 heterocycles. The second-order valence-electron chi connectivity index (χ2n) is 5.47. The fraction of sp³-hybridized carbons (Fsp3) is 0.412. The summed E-state index contributed by atoms with van der Waals surface area (Å²) in [6.45, 7) is 0.368. The summed E-state index contributed by atoms with van der Waals surface area (Å²) in [6.07, 6.45) is 1.93. The first-order valence-corrected chi connectivity index (χ1v) is 7.46. The minimum atomic E-state index is -0.388. The van der Waals surface area contributed by atoms with Crippen molar-refractivity contribution in [2.45, 2.75) is 25.3 Å². The van der Waals surface area contributed by atoms with Crippen LogP contribution < -0.4 is 10.8 Å². The van der Waals surface area contributed by atoms with Gasteiger partial charge in [0.25, 0.3) is 5.91 Å². The summed E-state index contributed by atoms with van der Waals surface area (Å²) in [5.41, 5.74) is 3.04. The maximum atomic E-state index is 12.2. The number of carbonyl (C=O) groups is 2. The Morgan fingerprint density at radius 1 is 1.30 bits per heavy atom. The van der Waals surface area contributed by atoms with Crippen molar-refractivity contribution in [3.05, 3.63) is 35.4 Å². The average Bonchev–Trinajstić information content (AvgIpc) is 3.03. The summed E-state index contributed by atoms with van der Waals surface area (Å²) in [6, 6.07) is 6.96. The van der Waals surface area contributed by atoms with Gasteiger partial charge in [0, 0.05) is 30.2 Å². The number of ether oxygens (including phenoxy) is 1. The van der Waals surface area contributed by atoms with Gasteiger partial charge in [-0.25, -0.2) is 5.48 Å². The highest BCUT2D eigenvalue weighted by Crippen LogP contribution is 2.25. The van der Waals surface area contributed by atoms with Gasteiger partial charge >= 0.3 is 0 Å². The summed E-state index contributed by atoms with van der Waals surface area (Å²) in [5.74, 6) is 4.98. The highest BCUT2D eigenvalue weighted by Gasteiger charge is 2.30. The van der Waals surface area contributed by atoms with Gasteiger partial charge in [0.2, 0.25) is 5.91 Å². The number of nitrogens with one attached hydrogen (secondary N) is 2. The molecule has 0 radical (unpaired) electrons. The largest absolute Gasteiger partial charge is 0.372 e. The molecule has 1 saturated carbocycles. The second kappa shape index (κ2) is 8.32. The molecule has 6 nitrogen and oxygen atoms in total. The van der Waals surface area contributed by atoms with E-state index >= 15 is 0 Å². The van der Waals surface area contributed by atoms with Crippen LogP contribution in [0.15, 0.2) is 24.3 Å². The number of hydrogen-bond donors (Lipinski definition) is 3. The van der Waals surface area contributed by atoms with Crippen molar-refractivity contribution < 1.29 is 19.5 Å². The van der Waals surface area contributed by atoms with Crippen molar-refractivity contribution in [2.24, 2.45) is 5.92 Å². The lowest BCUT2D eigenvalue weighted by molar-refractivity contribution is -0.133. The van der Waals surface area contributed by atoms with Crippen LogP contribution in [0.3, 0.4) is 0 Å². The molecule has 1 aliphatic rings. The van der Waals surface area contributed by atoms with Crippen LogP contribution in [0.2, 0.25) is 0 Å². The molecule has 1 aliphatic carbocycles. The number of benzene rings is 1. The van der Waals surface area contributed by atoms with Crippen LogP contribution in [-0.2, 0) is 9.53 Å². The van der Waals surface area contributed by atoms with E-state index in [1.165, 1.54) is 0 Å². The summed E-state index contributed by atoms with van der Waals surface area (Å²) in [4.78, 5) is 23.6. The van der Waals surface area contributed by atoms with Gasteiger partial charge in [-0.2, -0.15) is 0 Å². The van der Waals surface area contributed by atoms with E-state index in [0.29, 0.717) is 25.0 Å². The first-order chi connectivity index (χ1) is 11.1. The van der Waals surface area contributed by atoms with E-state index in [4.69, 9.17) is 9.94 Å². The van der Waals surface area contributed by atoms with Crippen LogP contribution in [0.5, 0.6) is 0 Å². The number of hydroxylamine groups is 1. The molecule has 1 aromatic rings. The van der Waals surface area contributed by atoms with Crippen LogP contribution in [0.25, 0.3) is 0 Å². The highest BCUT2D eigenvalue weighted by molar-refractivity contribution is 5.94. The first-order valence-electron chi connectivity index (χ1n) is 7.46. The van der Waals surface area contributed by atoms with E-state index in [1.54, 1.807) is 36.9 Å². The third-order valence-electron chi connectivity index (χ3n) is 3.85. The number of methoxy groups -OCH3 is 1. The molecule has 1 aromatic carbocycles. The lowest BCUT2D eigenvalue weighted by atomic mass is 10.1. The molecule has 6 heteroatoms. The van der Waals surface area contributed by atoms with Crippen LogP contribution in [0.4, 0.5) is 0 Å². The molecule has 3 N–H and O–H groups in total. The molecule has 23 heavy (non-hydrogen) atoms. The van der Waals surface area contributed by atoms with Gasteiger partial charge in [0.15, 0.2) is 0 Å². The van der Waals surface area contributed by atoms with E-state index in [1.807, 2.05) is 0 Å². The summed E-state index contributed by atoms with van der Waals surface area (Å²) in [7, 11) is 1.58. The van der Waals surface area contributed by atoms with Gasteiger partial charge < -0.3 is 10.1 Å². The van der Waals surface area contributed by atoms with Crippen molar-refractivity contribution in [3.63, 3.8) is 0 Å². The van der Waals surface area contributed by atoms with Crippen molar-refractivity contribution in [1.82, 2.24) is 10.8 Å². The first kappa shape index (κ1) is 17.0. The smallest absolute Gasteiger partial charge is 0.251 e. The zero-order valence-corrected chi connectivity index (χ0v) is 13.0. The molecule has 1 fully saturated rings. The predicted molar refractivity (Wildman–Crippen MR) is 83.7 cm³/mol. The van der Waals surface area contributed by atoms with E-state index in [9.17, 15) is 9.59 Å². The van der Waals surface area contributed by atoms with Crippen molar-refractivity contribution in [3.8, 4) is 11.8 Å². The number of carbonyl (C=O) groups excluding carboxylic acids is 2. The second-order valence-corrected chi connectivity index (χ2v) is 5.47. The van der Waals surface area contributed by atoms with E-state index in [0.717, 1.165) is 12.0 Å². The maximum absolute atomic E-state index is 12.2. The number of amides is 2. The molecule has 2 atom stereocenters. The van der Waals surface area contributed by atoms with Gasteiger partial charge in [-0.15, -0.1) is 0 Å². The standard InChI is InChI=1S/C17H20N2O4/c1-23-10-2-3-12-4-6-13(7-5-12)16(20)18-15-9-8-14(11-15)17(21)19-22/h4-7,14-15,22H,8-11H2,1H3,(H,18,20)(H,19,21)/t14-,15-/m0/s1. The topological polar surface area (TPSA) is 87.7 Å². The average molecular weight is 316 g/mol. The van der Waals surface area contributed by atoms with Crippen LogP contribution in [0, 0.1) is 17.8 Å². The maximum Gasteiger partial charge on any atom is 0.251 e. The van der Waals surface area contributed by atoms with Gasteiger partial charge in [0.1, 0.15) is 6.61 Å². The Balaban J connectivity index is 1.89. The lowest BCUT2D eigenvalue weighted by Gasteiger charge is -2.13.